The van der Waals surface area contributed by atoms with Gasteiger partial charge >= 0.3 is 0 Å². The van der Waals surface area contributed by atoms with Gasteiger partial charge in [-0.3, -0.25) is 0 Å². The summed E-state index contributed by atoms with van der Waals surface area (Å²) in [7, 11) is 0. The maximum atomic E-state index is 6.40. The van der Waals surface area contributed by atoms with Crippen LogP contribution in [-0.4, -0.2) is 18.5 Å². The van der Waals surface area contributed by atoms with Gasteiger partial charge in [0.25, 0.3) is 0 Å². The Hall–Kier alpha value is -0.930. The molecule has 0 saturated carbocycles. The van der Waals surface area contributed by atoms with E-state index in [0.29, 0.717) is 11.6 Å². The summed E-state index contributed by atoms with van der Waals surface area (Å²) < 4.78 is 11.3. The lowest BCUT2D eigenvalue weighted by Crippen LogP contribution is -1.98. The Labute approximate surface area is 133 Å². The van der Waals surface area contributed by atoms with Crippen molar-refractivity contribution in [3.63, 3.8) is 0 Å². The molecule has 0 radical (unpaired) electrons. The summed E-state index contributed by atoms with van der Waals surface area (Å²) in [4.78, 5) is 0. The zero-order chi connectivity index (χ0) is 14.4. The number of ether oxygens (including phenoxy) is 2. The van der Waals surface area contributed by atoms with E-state index in [2.05, 4.69) is 22.9 Å². The fourth-order valence-electron chi connectivity index (χ4n) is 1.91. The molecule has 0 aromatic heterocycles. The molecule has 4 heteroatoms. The van der Waals surface area contributed by atoms with Crippen LogP contribution >= 0.6 is 27.5 Å². The van der Waals surface area contributed by atoms with Gasteiger partial charge in [0.05, 0.1) is 18.2 Å². The lowest BCUT2D eigenvalue weighted by atomic mass is 10.1. The molecule has 0 aliphatic heterocycles. The first-order valence-corrected chi connectivity index (χ1v) is 8.30. The van der Waals surface area contributed by atoms with Crippen LogP contribution in [0, 0.1) is 0 Å². The molecule has 0 unspecified atom stereocenters. The van der Waals surface area contributed by atoms with Crippen molar-refractivity contribution in [3.05, 3.63) is 35.4 Å². The maximum Gasteiger partial charge on any atom is 0.138 e. The highest BCUT2D eigenvalue weighted by atomic mass is 79.9. The van der Waals surface area contributed by atoms with E-state index in [1.54, 1.807) is 0 Å². The van der Waals surface area contributed by atoms with Gasteiger partial charge in [-0.2, -0.15) is 0 Å². The average Bonchev–Trinajstić information content (AvgIpc) is 2.47. The second-order valence-electron chi connectivity index (χ2n) is 4.50. The number of hydrogen-bond donors (Lipinski definition) is 0. The van der Waals surface area contributed by atoms with Gasteiger partial charge in [0.2, 0.25) is 0 Å². The standard InChI is InChI=1S/C16H18BrClO2/c1-2-9-19-13-5-6-14-12(11-13)4-7-15(16(14)18)20-10-3-8-17/h4-7,11H,2-3,8-10H2,1H3. The predicted molar refractivity (Wildman–Crippen MR) is 88.7 cm³/mol. The summed E-state index contributed by atoms with van der Waals surface area (Å²) in [5.74, 6) is 1.62. The molecule has 0 heterocycles. The first kappa shape index (κ1) is 15.5. The number of rotatable bonds is 7. The van der Waals surface area contributed by atoms with E-state index in [0.717, 1.165) is 47.1 Å². The predicted octanol–water partition coefficient (Wildman–Crippen LogP) is 5.45. The SMILES string of the molecule is CCCOc1ccc2c(Cl)c(OCCCBr)ccc2c1. The Balaban J connectivity index is 2.22. The molecular formula is C16H18BrClO2. The monoisotopic (exact) mass is 356 g/mol. The molecule has 0 atom stereocenters. The fraction of sp³-hybridized carbons (Fsp3) is 0.375. The molecule has 0 spiro atoms. The van der Waals surface area contributed by atoms with E-state index < -0.39 is 0 Å². The van der Waals surface area contributed by atoms with Crippen LogP contribution in [0.2, 0.25) is 5.02 Å². The van der Waals surface area contributed by atoms with Crippen molar-refractivity contribution >= 4 is 38.3 Å². The summed E-state index contributed by atoms with van der Waals surface area (Å²) in [6.45, 7) is 3.48. The molecule has 0 bridgehead atoms. The zero-order valence-electron chi connectivity index (χ0n) is 11.5. The van der Waals surface area contributed by atoms with Crippen LogP contribution in [0.15, 0.2) is 30.3 Å². The summed E-state index contributed by atoms with van der Waals surface area (Å²) in [5, 5.41) is 3.65. The Bertz CT molecular complexity index is 572. The van der Waals surface area contributed by atoms with Crippen molar-refractivity contribution in [2.75, 3.05) is 18.5 Å². The van der Waals surface area contributed by atoms with Gasteiger partial charge in [0.15, 0.2) is 0 Å². The van der Waals surface area contributed by atoms with Crippen molar-refractivity contribution in [1.29, 1.82) is 0 Å². The molecule has 0 saturated heterocycles. The highest BCUT2D eigenvalue weighted by Gasteiger charge is 2.07. The van der Waals surface area contributed by atoms with Crippen molar-refractivity contribution in [1.82, 2.24) is 0 Å². The molecule has 2 nitrogen and oxygen atoms in total. The molecule has 0 fully saturated rings. The van der Waals surface area contributed by atoms with Crippen LogP contribution in [0.4, 0.5) is 0 Å². The van der Waals surface area contributed by atoms with Crippen LogP contribution in [0.1, 0.15) is 19.8 Å². The van der Waals surface area contributed by atoms with E-state index in [4.69, 9.17) is 21.1 Å². The normalized spacial score (nSPS) is 10.8. The maximum absolute atomic E-state index is 6.40. The number of fused-ring (bicyclic) bond motifs is 1. The third kappa shape index (κ3) is 3.80. The van der Waals surface area contributed by atoms with Crippen molar-refractivity contribution in [2.45, 2.75) is 19.8 Å². The van der Waals surface area contributed by atoms with Crippen molar-refractivity contribution in [2.24, 2.45) is 0 Å². The van der Waals surface area contributed by atoms with Gasteiger partial charge in [-0.25, -0.2) is 0 Å². The Kier molecular flexibility index (Phi) is 5.99. The molecule has 108 valence electrons. The van der Waals surface area contributed by atoms with Gasteiger partial charge < -0.3 is 9.47 Å². The third-order valence-corrected chi connectivity index (χ3v) is 3.85. The van der Waals surface area contributed by atoms with Crippen LogP contribution in [0.3, 0.4) is 0 Å². The molecular weight excluding hydrogens is 340 g/mol. The molecule has 20 heavy (non-hydrogen) atoms. The quantitative estimate of drug-likeness (QED) is 0.485. The van der Waals surface area contributed by atoms with Gasteiger partial charge in [-0.1, -0.05) is 40.5 Å². The van der Waals surface area contributed by atoms with Gasteiger partial charge in [0, 0.05) is 10.7 Å². The van der Waals surface area contributed by atoms with E-state index in [1.807, 2.05) is 30.3 Å². The van der Waals surface area contributed by atoms with Crippen LogP contribution in [0.5, 0.6) is 11.5 Å². The van der Waals surface area contributed by atoms with E-state index in [9.17, 15) is 0 Å². The van der Waals surface area contributed by atoms with Crippen molar-refractivity contribution < 1.29 is 9.47 Å². The minimum absolute atomic E-state index is 0.661. The summed E-state index contributed by atoms with van der Waals surface area (Å²) in [6, 6.07) is 9.89. The minimum atomic E-state index is 0.661. The third-order valence-electron chi connectivity index (χ3n) is 2.90. The van der Waals surface area contributed by atoms with E-state index >= 15 is 0 Å². The van der Waals surface area contributed by atoms with E-state index in [-0.39, 0.29) is 0 Å². The summed E-state index contributed by atoms with van der Waals surface area (Å²) in [6.07, 6.45) is 1.96. The molecule has 0 N–H and O–H groups in total. The lowest BCUT2D eigenvalue weighted by Gasteiger charge is -2.11. The van der Waals surface area contributed by atoms with E-state index in [1.165, 1.54) is 0 Å². The second kappa shape index (κ2) is 7.75. The first-order chi connectivity index (χ1) is 9.76. The van der Waals surface area contributed by atoms with Crippen LogP contribution < -0.4 is 9.47 Å². The Morgan fingerprint density at radius 3 is 2.70 bits per heavy atom. The topological polar surface area (TPSA) is 18.5 Å². The first-order valence-electron chi connectivity index (χ1n) is 6.80. The molecule has 2 aromatic rings. The lowest BCUT2D eigenvalue weighted by molar-refractivity contribution is 0.317. The minimum Gasteiger partial charge on any atom is -0.494 e. The Morgan fingerprint density at radius 2 is 1.95 bits per heavy atom. The van der Waals surface area contributed by atoms with Gasteiger partial charge in [-0.15, -0.1) is 0 Å². The van der Waals surface area contributed by atoms with Crippen LogP contribution in [-0.2, 0) is 0 Å². The molecule has 0 aliphatic carbocycles. The molecule has 2 aromatic carbocycles. The fourth-order valence-corrected chi connectivity index (χ4v) is 2.43. The molecule has 2 rings (SSSR count). The summed E-state index contributed by atoms with van der Waals surface area (Å²) >= 11 is 9.78. The van der Waals surface area contributed by atoms with Crippen LogP contribution in [0.25, 0.3) is 10.8 Å². The highest BCUT2D eigenvalue weighted by Crippen LogP contribution is 2.34. The zero-order valence-corrected chi connectivity index (χ0v) is 13.8. The number of alkyl halides is 1. The smallest absolute Gasteiger partial charge is 0.138 e. The highest BCUT2D eigenvalue weighted by molar-refractivity contribution is 9.09. The van der Waals surface area contributed by atoms with Crippen molar-refractivity contribution in [3.8, 4) is 11.5 Å². The largest absolute Gasteiger partial charge is 0.494 e. The van der Waals surface area contributed by atoms with Gasteiger partial charge in [-0.05, 0) is 42.5 Å². The Morgan fingerprint density at radius 1 is 1.10 bits per heavy atom. The number of hydrogen-bond acceptors (Lipinski definition) is 2. The number of halogens is 2. The molecule has 0 amide bonds. The second-order valence-corrected chi connectivity index (χ2v) is 5.67. The average molecular weight is 358 g/mol. The summed E-state index contributed by atoms with van der Waals surface area (Å²) in [5.41, 5.74) is 0. The molecule has 0 aliphatic rings. The number of benzene rings is 2. The van der Waals surface area contributed by atoms with Gasteiger partial charge in [0.1, 0.15) is 11.5 Å².